The van der Waals surface area contributed by atoms with Gasteiger partial charge >= 0.3 is 17.9 Å². The van der Waals surface area contributed by atoms with Crippen molar-refractivity contribution in [2.45, 2.75) is 33.8 Å². The average Bonchev–Trinajstić information content (AvgIpc) is 2.73. The summed E-state index contributed by atoms with van der Waals surface area (Å²) in [6.07, 6.45) is -1.03. The largest absolute Gasteiger partial charge is 0.466 e. The fourth-order valence-corrected chi connectivity index (χ4v) is 1.90. The fraction of sp³-hybridized carbons (Fsp3) is 0.500. The predicted molar refractivity (Wildman–Crippen MR) is 73.1 cm³/mol. The number of hydrogen-bond acceptors (Lipinski definition) is 6. The zero-order valence-corrected chi connectivity index (χ0v) is 12.7. The molecule has 0 aliphatic heterocycles. The van der Waals surface area contributed by atoms with E-state index in [0.717, 1.165) is 0 Å². The molecule has 1 heterocycles. The normalized spacial score (nSPS) is 11.7. The standard InChI is InChI=1S/C14H19NO6/c1-6-20-13(17)10-7(2)11(15-8(10)3)14(18)21-9(4)12(16)19-5/h9,15H,6H2,1-5H3. The Morgan fingerprint density at radius 3 is 2.33 bits per heavy atom. The van der Waals surface area contributed by atoms with Gasteiger partial charge in [-0.25, -0.2) is 14.4 Å². The predicted octanol–water partition coefficient (Wildman–Crippen LogP) is 1.53. The van der Waals surface area contributed by atoms with E-state index >= 15 is 0 Å². The molecule has 7 heteroatoms. The Morgan fingerprint density at radius 1 is 1.19 bits per heavy atom. The quantitative estimate of drug-likeness (QED) is 0.654. The highest BCUT2D eigenvalue weighted by Gasteiger charge is 2.26. The molecule has 116 valence electrons. The van der Waals surface area contributed by atoms with Crippen LogP contribution in [0.25, 0.3) is 0 Å². The molecule has 0 spiro atoms. The third-order valence-electron chi connectivity index (χ3n) is 2.94. The summed E-state index contributed by atoms with van der Waals surface area (Å²) in [6.45, 7) is 6.60. The number of esters is 3. The van der Waals surface area contributed by atoms with E-state index < -0.39 is 24.0 Å². The number of methoxy groups -OCH3 is 1. The third kappa shape index (κ3) is 3.62. The van der Waals surface area contributed by atoms with Gasteiger partial charge in [-0.1, -0.05) is 0 Å². The van der Waals surface area contributed by atoms with E-state index in [0.29, 0.717) is 16.8 Å². The van der Waals surface area contributed by atoms with E-state index in [4.69, 9.17) is 9.47 Å². The number of aryl methyl sites for hydroxylation is 1. The summed E-state index contributed by atoms with van der Waals surface area (Å²) in [7, 11) is 1.20. The van der Waals surface area contributed by atoms with Gasteiger partial charge in [0.25, 0.3) is 0 Å². The Morgan fingerprint density at radius 2 is 1.81 bits per heavy atom. The van der Waals surface area contributed by atoms with Crippen molar-refractivity contribution in [2.75, 3.05) is 13.7 Å². The van der Waals surface area contributed by atoms with Crippen molar-refractivity contribution in [3.63, 3.8) is 0 Å². The Kier molecular flexibility index (Phi) is 5.52. The highest BCUT2D eigenvalue weighted by Crippen LogP contribution is 2.20. The first-order valence-corrected chi connectivity index (χ1v) is 6.48. The first-order chi connectivity index (χ1) is 9.83. The molecular formula is C14H19NO6. The molecule has 1 aromatic rings. The zero-order valence-electron chi connectivity index (χ0n) is 12.7. The Hall–Kier alpha value is -2.31. The summed E-state index contributed by atoms with van der Waals surface area (Å²) in [4.78, 5) is 37.9. The number of carbonyl (C=O) groups excluding carboxylic acids is 3. The van der Waals surface area contributed by atoms with Gasteiger partial charge in [0, 0.05) is 5.69 Å². The van der Waals surface area contributed by atoms with Gasteiger partial charge in [0.05, 0.1) is 19.3 Å². The molecule has 0 aromatic carbocycles. The molecule has 1 atom stereocenters. The van der Waals surface area contributed by atoms with Gasteiger partial charge in [0.15, 0.2) is 6.10 Å². The first kappa shape index (κ1) is 16.7. The van der Waals surface area contributed by atoms with Gasteiger partial charge < -0.3 is 19.2 Å². The van der Waals surface area contributed by atoms with Gasteiger partial charge in [-0.2, -0.15) is 0 Å². The number of aromatic amines is 1. The molecule has 1 aromatic heterocycles. The van der Waals surface area contributed by atoms with E-state index in [9.17, 15) is 14.4 Å². The SMILES string of the molecule is CCOC(=O)c1c(C)[nH]c(C(=O)OC(C)C(=O)OC)c1C. The molecule has 0 saturated carbocycles. The molecule has 0 amide bonds. The van der Waals surface area contributed by atoms with Crippen LogP contribution in [0.5, 0.6) is 0 Å². The highest BCUT2D eigenvalue weighted by molar-refractivity contribution is 5.99. The van der Waals surface area contributed by atoms with Gasteiger partial charge in [-0.3, -0.25) is 0 Å². The lowest BCUT2D eigenvalue weighted by molar-refractivity contribution is -0.149. The Bertz CT molecular complexity index is 560. The van der Waals surface area contributed by atoms with Gasteiger partial charge in [-0.05, 0) is 33.3 Å². The molecule has 0 aliphatic rings. The molecular weight excluding hydrogens is 278 g/mol. The molecule has 1 N–H and O–H groups in total. The summed E-state index contributed by atoms with van der Waals surface area (Å²) >= 11 is 0. The van der Waals surface area contributed by atoms with Crippen LogP contribution in [0, 0.1) is 13.8 Å². The van der Waals surface area contributed by atoms with Crippen LogP contribution in [0.15, 0.2) is 0 Å². The average molecular weight is 297 g/mol. The third-order valence-corrected chi connectivity index (χ3v) is 2.94. The van der Waals surface area contributed by atoms with E-state index in [1.54, 1.807) is 20.8 Å². The van der Waals surface area contributed by atoms with Crippen LogP contribution in [0.2, 0.25) is 0 Å². The number of carbonyl (C=O) groups is 3. The maximum absolute atomic E-state index is 12.0. The van der Waals surface area contributed by atoms with Gasteiger partial charge in [-0.15, -0.1) is 0 Å². The minimum Gasteiger partial charge on any atom is -0.466 e. The summed E-state index contributed by atoms with van der Waals surface area (Å²) in [6, 6.07) is 0. The minimum absolute atomic E-state index is 0.117. The minimum atomic E-state index is -1.03. The first-order valence-electron chi connectivity index (χ1n) is 6.48. The summed E-state index contributed by atoms with van der Waals surface area (Å²) < 4.78 is 14.4. The number of ether oxygens (including phenoxy) is 3. The second kappa shape index (κ2) is 6.92. The molecule has 7 nitrogen and oxygen atoms in total. The van der Waals surface area contributed by atoms with Crippen LogP contribution in [-0.4, -0.2) is 42.7 Å². The fourth-order valence-electron chi connectivity index (χ4n) is 1.90. The van der Waals surface area contributed by atoms with E-state index in [2.05, 4.69) is 9.72 Å². The number of rotatable bonds is 5. The van der Waals surface area contributed by atoms with E-state index in [1.165, 1.54) is 14.0 Å². The second-order valence-corrected chi connectivity index (χ2v) is 4.42. The van der Waals surface area contributed by atoms with Crippen LogP contribution >= 0.6 is 0 Å². The van der Waals surface area contributed by atoms with E-state index in [1.807, 2.05) is 0 Å². The molecule has 0 aliphatic carbocycles. The van der Waals surface area contributed by atoms with Crippen molar-refractivity contribution in [3.05, 3.63) is 22.5 Å². The summed E-state index contributed by atoms with van der Waals surface area (Å²) in [5.41, 5.74) is 1.34. The van der Waals surface area contributed by atoms with Crippen molar-refractivity contribution in [1.82, 2.24) is 4.98 Å². The molecule has 0 saturated heterocycles. The van der Waals surface area contributed by atoms with Crippen molar-refractivity contribution in [1.29, 1.82) is 0 Å². The highest BCUT2D eigenvalue weighted by atomic mass is 16.6. The second-order valence-electron chi connectivity index (χ2n) is 4.42. The number of hydrogen-bond donors (Lipinski definition) is 1. The van der Waals surface area contributed by atoms with Crippen LogP contribution in [0.1, 0.15) is 46.0 Å². The Balaban J connectivity index is 2.99. The smallest absolute Gasteiger partial charge is 0.355 e. The van der Waals surface area contributed by atoms with Crippen molar-refractivity contribution < 1.29 is 28.6 Å². The summed E-state index contributed by atoms with van der Waals surface area (Å²) in [5, 5.41) is 0. The lowest BCUT2D eigenvalue weighted by atomic mass is 10.1. The summed E-state index contributed by atoms with van der Waals surface area (Å²) in [5.74, 6) is -1.90. The molecule has 1 rings (SSSR count). The molecule has 21 heavy (non-hydrogen) atoms. The van der Waals surface area contributed by atoms with Crippen molar-refractivity contribution in [3.8, 4) is 0 Å². The topological polar surface area (TPSA) is 94.7 Å². The lowest BCUT2D eigenvalue weighted by Gasteiger charge is -2.10. The van der Waals surface area contributed by atoms with Crippen molar-refractivity contribution >= 4 is 17.9 Å². The van der Waals surface area contributed by atoms with Gasteiger partial charge in [0.1, 0.15) is 5.69 Å². The number of nitrogens with one attached hydrogen (secondary N) is 1. The number of aromatic nitrogens is 1. The molecule has 0 fully saturated rings. The monoisotopic (exact) mass is 297 g/mol. The maximum atomic E-state index is 12.0. The van der Waals surface area contributed by atoms with Gasteiger partial charge in [0.2, 0.25) is 0 Å². The lowest BCUT2D eigenvalue weighted by Crippen LogP contribution is -2.25. The van der Waals surface area contributed by atoms with Crippen LogP contribution in [0.3, 0.4) is 0 Å². The number of H-pyrrole nitrogens is 1. The molecule has 0 bridgehead atoms. The van der Waals surface area contributed by atoms with E-state index in [-0.39, 0.29) is 12.3 Å². The van der Waals surface area contributed by atoms with Crippen LogP contribution < -0.4 is 0 Å². The molecule has 0 radical (unpaired) electrons. The maximum Gasteiger partial charge on any atom is 0.355 e. The molecule has 1 unspecified atom stereocenters. The van der Waals surface area contributed by atoms with Crippen LogP contribution in [0.4, 0.5) is 0 Å². The zero-order chi connectivity index (χ0) is 16.2. The van der Waals surface area contributed by atoms with Crippen molar-refractivity contribution in [2.24, 2.45) is 0 Å². The Labute approximate surface area is 122 Å². The van der Waals surface area contributed by atoms with Crippen LogP contribution in [-0.2, 0) is 19.0 Å².